The molecule has 0 spiro atoms. The van der Waals surface area contributed by atoms with Crippen LogP contribution in [0.4, 0.5) is 0 Å². The third-order valence-electron chi connectivity index (χ3n) is 4.62. The summed E-state index contributed by atoms with van der Waals surface area (Å²) in [4.78, 5) is 5.50. The molecular formula is C15H18N4S. The maximum atomic E-state index is 9.19. The number of nitrogens with zero attached hydrogens (tertiary/aromatic N) is 3. The molecule has 3 rings (SSSR count). The Bertz CT molecular complexity index is 743. The Labute approximate surface area is 123 Å². The SMILES string of the molecule is CN(C)C1(Cn2c(=S)[nH]c3c(C#N)cccc32)CCC1. The van der Waals surface area contributed by atoms with Crippen LogP contribution in [0.1, 0.15) is 24.8 Å². The van der Waals surface area contributed by atoms with Gasteiger partial charge in [-0.3, -0.25) is 0 Å². The number of hydrogen-bond donors (Lipinski definition) is 1. The van der Waals surface area contributed by atoms with Crippen molar-refractivity contribution < 1.29 is 0 Å². The van der Waals surface area contributed by atoms with Crippen LogP contribution in [0, 0.1) is 16.1 Å². The van der Waals surface area contributed by atoms with E-state index in [1.54, 1.807) is 0 Å². The maximum Gasteiger partial charge on any atom is 0.178 e. The predicted molar refractivity (Wildman–Crippen MR) is 82.1 cm³/mol. The highest BCUT2D eigenvalue weighted by Gasteiger charge is 2.39. The van der Waals surface area contributed by atoms with Gasteiger partial charge in [-0.25, -0.2) is 0 Å². The number of benzene rings is 1. The molecule has 0 aliphatic heterocycles. The molecule has 1 aliphatic rings. The molecule has 0 atom stereocenters. The second-order valence-electron chi connectivity index (χ2n) is 5.80. The van der Waals surface area contributed by atoms with E-state index in [9.17, 15) is 5.26 Å². The average molecular weight is 286 g/mol. The van der Waals surface area contributed by atoms with E-state index in [1.165, 1.54) is 19.3 Å². The summed E-state index contributed by atoms with van der Waals surface area (Å²) >= 11 is 5.47. The molecule has 0 amide bonds. The van der Waals surface area contributed by atoms with Crippen molar-refractivity contribution in [1.29, 1.82) is 5.26 Å². The van der Waals surface area contributed by atoms with Gasteiger partial charge in [0.2, 0.25) is 0 Å². The van der Waals surface area contributed by atoms with E-state index in [0.29, 0.717) is 10.3 Å². The van der Waals surface area contributed by atoms with Crippen molar-refractivity contribution >= 4 is 23.3 Å². The van der Waals surface area contributed by atoms with Crippen molar-refractivity contribution in [2.75, 3.05) is 14.1 Å². The van der Waals surface area contributed by atoms with Crippen molar-refractivity contribution in [2.45, 2.75) is 31.3 Å². The molecule has 0 unspecified atom stereocenters. The zero-order valence-electron chi connectivity index (χ0n) is 11.8. The Hall–Kier alpha value is -1.64. The third kappa shape index (κ3) is 1.88. The smallest absolute Gasteiger partial charge is 0.178 e. The summed E-state index contributed by atoms with van der Waals surface area (Å²) in [5.41, 5.74) is 2.74. The molecule has 1 heterocycles. The number of nitrogens with one attached hydrogen (secondary N) is 1. The molecule has 0 radical (unpaired) electrons. The van der Waals surface area contributed by atoms with Gasteiger partial charge in [0, 0.05) is 12.1 Å². The van der Waals surface area contributed by atoms with Crippen LogP contribution in [0.15, 0.2) is 18.2 Å². The number of rotatable bonds is 3. The molecule has 20 heavy (non-hydrogen) atoms. The molecule has 0 saturated heterocycles. The Morgan fingerprint density at radius 3 is 2.75 bits per heavy atom. The lowest BCUT2D eigenvalue weighted by Crippen LogP contribution is -2.53. The van der Waals surface area contributed by atoms with E-state index in [4.69, 9.17) is 12.2 Å². The summed E-state index contributed by atoms with van der Waals surface area (Å²) in [5, 5.41) is 9.19. The molecular weight excluding hydrogens is 268 g/mol. The van der Waals surface area contributed by atoms with Crippen LogP contribution < -0.4 is 0 Å². The number of hydrogen-bond acceptors (Lipinski definition) is 3. The fraction of sp³-hybridized carbons (Fsp3) is 0.467. The van der Waals surface area contributed by atoms with Gasteiger partial charge >= 0.3 is 0 Å². The van der Waals surface area contributed by atoms with Gasteiger partial charge in [0.25, 0.3) is 0 Å². The first-order valence-electron chi connectivity index (χ1n) is 6.86. The van der Waals surface area contributed by atoms with Crippen LogP contribution in [0.5, 0.6) is 0 Å². The van der Waals surface area contributed by atoms with Crippen molar-refractivity contribution in [1.82, 2.24) is 14.5 Å². The van der Waals surface area contributed by atoms with Crippen LogP contribution in [0.2, 0.25) is 0 Å². The summed E-state index contributed by atoms with van der Waals surface area (Å²) in [6.45, 7) is 0.883. The van der Waals surface area contributed by atoms with Gasteiger partial charge in [-0.15, -0.1) is 0 Å². The number of likely N-dealkylation sites (N-methyl/N-ethyl adjacent to an activating group) is 1. The molecule has 1 fully saturated rings. The fourth-order valence-electron chi connectivity index (χ4n) is 3.06. The zero-order valence-corrected chi connectivity index (χ0v) is 12.6. The van der Waals surface area contributed by atoms with E-state index in [2.05, 4.69) is 34.6 Å². The topological polar surface area (TPSA) is 47.8 Å². The molecule has 1 aliphatic carbocycles. The summed E-state index contributed by atoms with van der Waals surface area (Å²) in [5.74, 6) is 0. The molecule has 0 bridgehead atoms. The molecule has 5 heteroatoms. The Balaban J connectivity index is 2.11. The van der Waals surface area contributed by atoms with Gasteiger partial charge in [-0.05, 0) is 57.7 Å². The van der Waals surface area contributed by atoms with E-state index < -0.39 is 0 Å². The number of aromatic nitrogens is 2. The van der Waals surface area contributed by atoms with Gasteiger partial charge in [0.05, 0.1) is 16.6 Å². The summed E-state index contributed by atoms with van der Waals surface area (Å²) < 4.78 is 2.85. The summed E-state index contributed by atoms with van der Waals surface area (Å²) in [6.07, 6.45) is 3.68. The molecule has 1 N–H and O–H groups in total. The van der Waals surface area contributed by atoms with Crippen LogP contribution in [0.25, 0.3) is 11.0 Å². The van der Waals surface area contributed by atoms with Crippen molar-refractivity contribution in [2.24, 2.45) is 0 Å². The third-order valence-corrected chi connectivity index (χ3v) is 4.94. The van der Waals surface area contributed by atoms with E-state index in [1.807, 2.05) is 18.2 Å². The number of para-hydroxylation sites is 1. The van der Waals surface area contributed by atoms with Crippen molar-refractivity contribution in [3.63, 3.8) is 0 Å². The first kappa shape index (κ1) is 13.3. The molecule has 2 aromatic rings. The number of aromatic amines is 1. The largest absolute Gasteiger partial charge is 0.329 e. The van der Waals surface area contributed by atoms with Crippen molar-refractivity contribution in [3.8, 4) is 6.07 Å². The quantitative estimate of drug-likeness (QED) is 0.882. The second kappa shape index (κ2) is 4.72. The molecule has 4 nitrogen and oxygen atoms in total. The van der Waals surface area contributed by atoms with Gasteiger partial charge in [0.15, 0.2) is 4.77 Å². The summed E-state index contributed by atoms with van der Waals surface area (Å²) in [6, 6.07) is 8.00. The number of H-pyrrole nitrogens is 1. The van der Waals surface area contributed by atoms with E-state index in [0.717, 1.165) is 17.6 Å². The molecule has 1 saturated carbocycles. The first-order chi connectivity index (χ1) is 9.57. The van der Waals surface area contributed by atoms with E-state index >= 15 is 0 Å². The average Bonchev–Trinajstić information content (AvgIpc) is 2.69. The first-order valence-corrected chi connectivity index (χ1v) is 7.27. The highest BCUT2D eigenvalue weighted by molar-refractivity contribution is 7.71. The maximum absolute atomic E-state index is 9.19. The van der Waals surface area contributed by atoms with Gasteiger partial charge in [0.1, 0.15) is 6.07 Å². The number of fused-ring (bicyclic) bond motifs is 1. The number of imidazole rings is 1. The lowest BCUT2D eigenvalue weighted by molar-refractivity contribution is 0.0431. The molecule has 104 valence electrons. The highest BCUT2D eigenvalue weighted by Crippen LogP contribution is 2.38. The number of nitriles is 1. The normalized spacial score (nSPS) is 17.1. The Morgan fingerprint density at radius 1 is 1.45 bits per heavy atom. The van der Waals surface area contributed by atoms with Gasteiger partial charge < -0.3 is 14.5 Å². The Kier molecular flexibility index (Phi) is 3.15. The standard InChI is InChI=1S/C15H18N4S/c1-18(2)15(7-4-8-15)10-19-12-6-3-5-11(9-16)13(12)17-14(19)20/h3,5-6H,4,7-8,10H2,1-2H3,(H,17,20). The minimum Gasteiger partial charge on any atom is -0.329 e. The second-order valence-corrected chi connectivity index (χ2v) is 6.19. The van der Waals surface area contributed by atoms with Crippen LogP contribution in [-0.2, 0) is 6.54 Å². The zero-order chi connectivity index (χ0) is 14.3. The van der Waals surface area contributed by atoms with E-state index in [-0.39, 0.29) is 5.54 Å². The van der Waals surface area contributed by atoms with Crippen molar-refractivity contribution in [3.05, 3.63) is 28.5 Å². The monoisotopic (exact) mass is 286 g/mol. The lowest BCUT2D eigenvalue weighted by atomic mass is 9.75. The summed E-state index contributed by atoms with van der Waals surface area (Å²) in [7, 11) is 4.27. The molecule has 1 aromatic heterocycles. The van der Waals surface area contributed by atoms with Crippen LogP contribution in [-0.4, -0.2) is 34.1 Å². The van der Waals surface area contributed by atoms with Gasteiger partial charge in [-0.2, -0.15) is 5.26 Å². The predicted octanol–water partition coefficient (Wildman–Crippen LogP) is 3.05. The van der Waals surface area contributed by atoms with Gasteiger partial charge in [-0.1, -0.05) is 6.07 Å². The fourth-order valence-corrected chi connectivity index (χ4v) is 3.32. The minimum absolute atomic E-state index is 0.204. The highest BCUT2D eigenvalue weighted by atomic mass is 32.1. The lowest BCUT2D eigenvalue weighted by Gasteiger charge is -2.47. The van der Waals surface area contributed by atoms with Crippen LogP contribution in [0.3, 0.4) is 0 Å². The molecule has 1 aromatic carbocycles. The minimum atomic E-state index is 0.204. The Morgan fingerprint density at radius 2 is 2.20 bits per heavy atom. The van der Waals surface area contributed by atoms with Crippen LogP contribution >= 0.6 is 12.2 Å².